The Balaban J connectivity index is 1.92. The smallest absolute Gasteiger partial charge is 0.284 e. The van der Waals surface area contributed by atoms with Gasteiger partial charge < -0.3 is 25.5 Å². The topological polar surface area (TPSA) is 102 Å². The number of guanidine groups is 1. The lowest BCUT2D eigenvalue weighted by Crippen LogP contribution is -2.45. The number of nitrogens with two attached hydrogens (primary N) is 1. The van der Waals surface area contributed by atoms with Gasteiger partial charge in [0.1, 0.15) is 12.3 Å². The molecule has 2 heterocycles. The monoisotopic (exact) mass is 308 g/mol. The molecule has 7 nitrogen and oxygen atoms in total. The quantitative estimate of drug-likeness (QED) is 0.537. The van der Waals surface area contributed by atoms with E-state index in [0.29, 0.717) is 24.8 Å². The standard InChI is InChI=1S/C15H24N4O3/c1-3-17-14(19-10-15(2)7-4-8-21-15)18-9-11-5-6-12(22-11)13(16)20/h5-6H,3-4,7-10H2,1-2H3,(H2,16,20)(H2,17,18,19). The molecular weight excluding hydrogens is 284 g/mol. The van der Waals surface area contributed by atoms with E-state index in [1.807, 2.05) is 6.92 Å². The summed E-state index contributed by atoms with van der Waals surface area (Å²) in [6, 6.07) is 3.26. The number of rotatable bonds is 6. The van der Waals surface area contributed by atoms with E-state index in [1.165, 1.54) is 0 Å². The van der Waals surface area contributed by atoms with E-state index in [4.69, 9.17) is 14.9 Å². The predicted molar refractivity (Wildman–Crippen MR) is 83.6 cm³/mol. The van der Waals surface area contributed by atoms with Gasteiger partial charge >= 0.3 is 0 Å². The first-order valence-electron chi connectivity index (χ1n) is 7.57. The molecule has 2 rings (SSSR count). The van der Waals surface area contributed by atoms with Crippen LogP contribution in [-0.2, 0) is 11.3 Å². The maximum atomic E-state index is 11.0. The Bertz CT molecular complexity index is 533. The molecule has 0 bridgehead atoms. The molecule has 1 aliphatic heterocycles. The lowest BCUT2D eigenvalue weighted by atomic mass is 10.0. The lowest BCUT2D eigenvalue weighted by molar-refractivity contribution is 0.0242. The van der Waals surface area contributed by atoms with Crippen molar-refractivity contribution >= 4 is 11.9 Å². The van der Waals surface area contributed by atoms with E-state index in [2.05, 4.69) is 22.5 Å². The Morgan fingerprint density at radius 2 is 2.27 bits per heavy atom. The van der Waals surface area contributed by atoms with Crippen LogP contribution in [-0.4, -0.2) is 37.2 Å². The minimum Gasteiger partial charge on any atom is -0.454 e. The number of amides is 1. The molecule has 1 unspecified atom stereocenters. The summed E-state index contributed by atoms with van der Waals surface area (Å²) >= 11 is 0. The van der Waals surface area contributed by atoms with Crippen molar-refractivity contribution in [2.75, 3.05) is 19.7 Å². The Morgan fingerprint density at radius 1 is 1.45 bits per heavy atom. The van der Waals surface area contributed by atoms with Gasteiger partial charge in [0.25, 0.3) is 5.91 Å². The summed E-state index contributed by atoms with van der Waals surface area (Å²) in [5, 5.41) is 6.46. The van der Waals surface area contributed by atoms with Crippen LogP contribution in [0.25, 0.3) is 0 Å². The number of hydrogen-bond donors (Lipinski definition) is 3. The summed E-state index contributed by atoms with van der Waals surface area (Å²) < 4.78 is 11.1. The molecule has 7 heteroatoms. The summed E-state index contributed by atoms with van der Waals surface area (Å²) in [5.74, 6) is 0.854. The van der Waals surface area contributed by atoms with Crippen molar-refractivity contribution in [3.63, 3.8) is 0 Å². The number of aliphatic imine (C=N–C) groups is 1. The van der Waals surface area contributed by atoms with Crippen molar-refractivity contribution in [3.8, 4) is 0 Å². The van der Waals surface area contributed by atoms with Crippen molar-refractivity contribution < 1.29 is 13.9 Å². The van der Waals surface area contributed by atoms with Crippen molar-refractivity contribution in [3.05, 3.63) is 23.7 Å². The summed E-state index contributed by atoms with van der Waals surface area (Å²) in [6.45, 7) is 6.71. The Labute approximate surface area is 130 Å². The van der Waals surface area contributed by atoms with Crippen LogP contribution in [0.4, 0.5) is 0 Å². The number of ether oxygens (including phenoxy) is 1. The number of nitrogens with zero attached hydrogens (tertiary/aromatic N) is 1. The van der Waals surface area contributed by atoms with Crippen molar-refractivity contribution in [2.45, 2.75) is 38.8 Å². The molecule has 0 aromatic carbocycles. The number of hydrogen-bond acceptors (Lipinski definition) is 4. The molecule has 1 aliphatic rings. The molecule has 0 saturated carbocycles. The molecule has 1 amide bonds. The van der Waals surface area contributed by atoms with Crippen molar-refractivity contribution in [1.82, 2.24) is 10.6 Å². The van der Waals surface area contributed by atoms with Gasteiger partial charge in [-0.25, -0.2) is 4.99 Å². The molecule has 122 valence electrons. The lowest BCUT2D eigenvalue weighted by Gasteiger charge is -2.24. The van der Waals surface area contributed by atoms with E-state index < -0.39 is 5.91 Å². The van der Waals surface area contributed by atoms with Gasteiger partial charge in [-0.05, 0) is 38.8 Å². The number of carbonyl (C=O) groups is 1. The van der Waals surface area contributed by atoms with Crippen LogP contribution in [0, 0.1) is 0 Å². The third kappa shape index (κ3) is 4.49. The maximum Gasteiger partial charge on any atom is 0.284 e. The van der Waals surface area contributed by atoms with Crippen LogP contribution >= 0.6 is 0 Å². The minimum atomic E-state index is -0.577. The summed E-state index contributed by atoms with van der Waals surface area (Å²) in [6.07, 6.45) is 2.13. The fourth-order valence-electron chi connectivity index (χ4n) is 2.34. The zero-order valence-electron chi connectivity index (χ0n) is 13.1. The third-order valence-corrected chi connectivity index (χ3v) is 3.57. The van der Waals surface area contributed by atoms with Gasteiger partial charge in [0, 0.05) is 19.7 Å². The van der Waals surface area contributed by atoms with E-state index in [1.54, 1.807) is 12.1 Å². The van der Waals surface area contributed by atoms with E-state index in [0.717, 1.165) is 26.0 Å². The van der Waals surface area contributed by atoms with Crippen LogP contribution in [0.2, 0.25) is 0 Å². The SMILES string of the molecule is CCNC(=NCc1ccc(C(N)=O)o1)NCC1(C)CCCO1. The van der Waals surface area contributed by atoms with Crippen LogP contribution in [0.3, 0.4) is 0 Å². The predicted octanol–water partition coefficient (Wildman–Crippen LogP) is 1.00. The van der Waals surface area contributed by atoms with Crippen molar-refractivity contribution in [2.24, 2.45) is 10.7 Å². The minimum absolute atomic E-state index is 0.139. The van der Waals surface area contributed by atoms with Gasteiger partial charge in [-0.3, -0.25) is 4.79 Å². The summed E-state index contributed by atoms with van der Waals surface area (Å²) in [5.41, 5.74) is 5.02. The largest absolute Gasteiger partial charge is 0.454 e. The number of carbonyl (C=O) groups excluding carboxylic acids is 1. The molecule has 0 spiro atoms. The third-order valence-electron chi connectivity index (χ3n) is 3.57. The first-order chi connectivity index (χ1) is 10.5. The van der Waals surface area contributed by atoms with Gasteiger partial charge in [-0.1, -0.05) is 0 Å². The highest BCUT2D eigenvalue weighted by Gasteiger charge is 2.29. The molecule has 1 aromatic heterocycles. The molecule has 1 saturated heterocycles. The summed E-state index contributed by atoms with van der Waals surface area (Å²) in [7, 11) is 0. The van der Waals surface area contributed by atoms with Gasteiger partial charge in [-0.2, -0.15) is 0 Å². The highest BCUT2D eigenvalue weighted by Crippen LogP contribution is 2.23. The maximum absolute atomic E-state index is 11.0. The van der Waals surface area contributed by atoms with Gasteiger partial charge in [-0.15, -0.1) is 0 Å². The zero-order valence-corrected chi connectivity index (χ0v) is 13.1. The number of furan rings is 1. The van der Waals surface area contributed by atoms with E-state index in [-0.39, 0.29) is 11.4 Å². The number of nitrogens with one attached hydrogen (secondary N) is 2. The molecule has 0 radical (unpaired) electrons. The second-order valence-electron chi connectivity index (χ2n) is 5.58. The molecular formula is C15H24N4O3. The fourth-order valence-corrected chi connectivity index (χ4v) is 2.34. The van der Waals surface area contributed by atoms with Crippen LogP contribution < -0.4 is 16.4 Å². The summed E-state index contributed by atoms with van der Waals surface area (Å²) in [4.78, 5) is 15.4. The Hall–Kier alpha value is -2.02. The molecule has 1 atom stereocenters. The zero-order chi connectivity index (χ0) is 16.0. The van der Waals surface area contributed by atoms with Crippen LogP contribution in [0.15, 0.2) is 21.5 Å². The normalized spacial score (nSPS) is 21.8. The molecule has 1 fully saturated rings. The first-order valence-corrected chi connectivity index (χ1v) is 7.57. The van der Waals surface area contributed by atoms with Crippen molar-refractivity contribution in [1.29, 1.82) is 0 Å². The highest BCUT2D eigenvalue weighted by molar-refractivity contribution is 5.89. The van der Waals surface area contributed by atoms with E-state index in [9.17, 15) is 4.79 Å². The van der Waals surface area contributed by atoms with Gasteiger partial charge in [0.15, 0.2) is 11.7 Å². The van der Waals surface area contributed by atoms with Crippen LogP contribution in [0.5, 0.6) is 0 Å². The van der Waals surface area contributed by atoms with Gasteiger partial charge in [0.2, 0.25) is 0 Å². The first kappa shape index (κ1) is 16.4. The average molecular weight is 308 g/mol. The van der Waals surface area contributed by atoms with E-state index >= 15 is 0 Å². The van der Waals surface area contributed by atoms with Crippen LogP contribution in [0.1, 0.15) is 43.0 Å². The Kier molecular flexibility index (Phi) is 5.43. The molecule has 4 N–H and O–H groups in total. The fraction of sp³-hybridized carbons (Fsp3) is 0.600. The molecule has 0 aliphatic carbocycles. The second kappa shape index (κ2) is 7.31. The molecule has 1 aromatic rings. The van der Waals surface area contributed by atoms with Gasteiger partial charge in [0.05, 0.1) is 5.60 Å². The second-order valence-corrected chi connectivity index (χ2v) is 5.58. The highest BCUT2D eigenvalue weighted by atomic mass is 16.5. The Morgan fingerprint density at radius 3 is 2.86 bits per heavy atom. The molecule has 22 heavy (non-hydrogen) atoms. The average Bonchev–Trinajstić information content (AvgIpc) is 3.11. The number of primary amides is 1.